The molecule has 0 heterocycles. The number of phosphoric acid groups is 1. The van der Waals surface area contributed by atoms with Gasteiger partial charge in [-0.2, -0.15) is 0 Å². The number of amides is 1. The zero-order valence-corrected chi connectivity index (χ0v) is 9.98. The van der Waals surface area contributed by atoms with E-state index in [0.717, 1.165) is 6.08 Å². The van der Waals surface area contributed by atoms with Gasteiger partial charge in [-0.25, -0.2) is 4.57 Å². The Morgan fingerprint density at radius 3 is 1.64 bits per heavy atom. The Morgan fingerprint density at radius 1 is 1.55 bits per heavy atom. The van der Waals surface area contributed by atoms with Crippen LogP contribution in [0.3, 0.4) is 0 Å². The molecule has 11 heavy (non-hydrogen) atoms. The number of rotatable bonds is 1. The third-order valence-electron chi connectivity index (χ3n) is 0.201. The fourth-order valence-electron chi connectivity index (χ4n) is 0. The van der Waals surface area contributed by atoms with Crippen LogP contribution in [0.1, 0.15) is 1.43 Å². The summed E-state index contributed by atoms with van der Waals surface area (Å²) < 4.78 is 8.88. The van der Waals surface area contributed by atoms with Crippen LogP contribution in [0, 0.1) is 0 Å². The van der Waals surface area contributed by atoms with E-state index in [9.17, 15) is 4.79 Å². The molecule has 0 aliphatic carbocycles. The van der Waals surface area contributed by atoms with Crippen LogP contribution in [0.5, 0.6) is 0 Å². The van der Waals surface area contributed by atoms with Gasteiger partial charge in [0.2, 0.25) is 5.91 Å². The number of nitrogens with two attached hydrogens (primary N) is 1. The van der Waals surface area contributed by atoms with Crippen molar-refractivity contribution in [2.45, 2.75) is 0 Å². The van der Waals surface area contributed by atoms with Gasteiger partial charge in [0.1, 0.15) is 0 Å². The normalized spacial score (nSPS) is 8.27. The summed E-state index contributed by atoms with van der Waals surface area (Å²) >= 11 is 0. The van der Waals surface area contributed by atoms with Gasteiger partial charge in [0, 0.05) is 0 Å². The fourth-order valence-corrected chi connectivity index (χ4v) is 0. The molecule has 6 nitrogen and oxygen atoms in total. The predicted molar refractivity (Wildman–Crippen MR) is 34.8 cm³/mol. The summed E-state index contributed by atoms with van der Waals surface area (Å²) in [7, 11) is -4.64. The van der Waals surface area contributed by atoms with Gasteiger partial charge in [-0.15, -0.1) is 0 Å². The van der Waals surface area contributed by atoms with Crippen LogP contribution in [-0.4, -0.2) is 20.6 Å². The smallest absolute Gasteiger partial charge is 1.00 e. The molecule has 0 fully saturated rings. The molecular weight excluding hydrogens is 200 g/mol. The van der Waals surface area contributed by atoms with Gasteiger partial charge in [0.25, 0.3) is 0 Å². The van der Waals surface area contributed by atoms with Crippen molar-refractivity contribution in [1.29, 1.82) is 0 Å². The summed E-state index contributed by atoms with van der Waals surface area (Å²) in [6.45, 7) is 3.09. The van der Waals surface area contributed by atoms with Crippen LogP contribution in [0.2, 0.25) is 0 Å². The quantitative estimate of drug-likeness (QED) is 0.198. The molecule has 0 unspecified atom stereocenters. The molecule has 0 bridgehead atoms. The van der Waals surface area contributed by atoms with Crippen molar-refractivity contribution in [1.82, 2.24) is 0 Å². The van der Waals surface area contributed by atoms with Crippen molar-refractivity contribution in [2.75, 3.05) is 0 Å². The number of carbonyl (C=O) groups is 1. The van der Waals surface area contributed by atoms with E-state index < -0.39 is 13.7 Å². The number of primary amides is 1. The van der Waals surface area contributed by atoms with Gasteiger partial charge >= 0.3 is 59.2 Å². The summed E-state index contributed by atoms with van der Waals surface area (Å²) in [4.78, 5) is 31.0. The average molecular weight is 209 g/mol. The molecule has 8 heteroatoms. The summed E-state index contributed by atoms with van der Waals surface area (Å²) in [5.41, 5.74) is 4.53. The molecule has 0 atom stereocenters. The molecule has 0 spiro atoms. The maximum Gasteiger partial charge on any atom is 1.00 e. The Morgan fingerprint density at radius 2 is 1.64 bits per heavy atom. The first kappa shape index (κ1) is 17.9. The molecule has 0 rings (SSSR count). The van der Waals surface area contributed by atoms with Crippen LogP contribution < -0.4 is 57.1 Å². The maximum absolute atomic E-state index is 9.47. The Hall–Kier alpha value is 0.956. The van der Waals surface area contributed by atoms with Gasteiger partial charge in [0.15, 0.2) is 0 Å². The standard InChI is InChI=1S/C3H5NO.K.H3O4P.H/c1-2-3(4)5;;1-5(2,3)4;/h2H,1H2,(H2,4,5);;(H3,1,2,3,4);/q;+1;;-1. The van der Waals surface area contributed by atoms with Gasteiger partial charge in [-0.3, -0.25) is 4.79 Å². The van der Waals surface area contributed by atoms with E-state index in [-0.39, 0.29) is 52.8 Å². The van der Waals surface area contributed by atoms with Gasteiger partial charge in [-0.1, -0.05) is 6.58 Å². The molecule has 0 aliphatic heterocycles. The predicted octanol–water partition coefficient (Wildman–Crippen LogP) is -4.15. The average Bonchev–Trinajstić information content (AvgIpc) is 1.61. The van der Waals surface area contributed by atoms with E-state index in [1.165, 1.54) is 0 Å². The molecular formula is C3H9KNO5P. The largest absolute Gasteiger partial charge is 1.00 e. The summed E-state index contributed by atoms with van der Waals surface area (Å²) in [5.74, 6) is -0.481. The number of hydrogen-bond donors (Lipinski definition) is 4. The molecule has 0 saturated heterocycles. The van der Waals surface area contributed by atoms with Crippen molar-refractivity contribution >= 4 is 13.7 Å². The number of carbonyl (C=O) groups excluding carboxylic acids is 1. The van der Waals surface area contributed by atoms with Crippen LogP contribution >= 0.6 is 7.82 Å². The minimum Gasteiger partial charge on any atom is -1.00 e. The number of hydrogen-bond acceptors (Lipinski definition) is 2. The first-order valence-corrected chi connectivity index (χ1v) is 3.54. The van der Waals surface area contributed by atoms with Gasteiger partial charge in [0.05, 0.1) is 0 Å². The van der Waals surface area contributed by atoms with Crippen LogP contribution in [0.15, 0.2) is 12.7 Å². The third kappa shape index (κ3) is 101. The summed E-state index contributed by atoms with van der Waals surface area (Å²) in [6, 6.07) is 0. The second-order valence-corrected chi connectivity index (χ2v) is 2.15. The maximum atomic E-state index is 9.47. The summed E-state index contributed by atoms with van der Waals surface area (Å²) in [5, 5.41) is 0. The molecule has 0 saturated carbocycles. The second-order valence-electron chi connectivity index (χ2n) is 1.12. The second kappa shape index (κ2) is 9.05. The van der Waals surface area contributed by atoms with Crippen molar-refractivity contribution in [2.24, 2.45) is 5.73 Å². The first-order valence-electron chi connectivity index (χ1n) is 1.97. The zero-order valence-electron chi connectivity index (χ0n) is 6.97. The van der Waals surface area contributed by atoms with Crippen molar-refractivity contribution < 1.29 is 76.9 Å². The monoisotopic (exact) mass is 209 g/mol. The third-order valence-corrected chi connectivity index (χ3v) is 0.201. The van der Waals surface area contributed by atoms with Crippen molar-refractivity contribution in [3.8, 4) is 0 Å². The van der Waals surface area contributed by atoms with Crippen molar-refractivity contribution in [3.05, 3.63) is 12.7 Å². The van der Waals surface area contributed by atoms with Crippen LogP contribution in [-0.2, 0) is 9.36 Å². The van der Waals surface area contributed by atoms with Crippen molar-refractivity contribution in [3.63, 3.8) is 0 Å². The molecule has 0 aromatic rings. The van der Waals surface area contributed by atoms with E-state index in [2.05, 4.69) is 12.3 Å². The van der Waals surface area contributed by atoms with Gasteiger partial charge < -0.3 is 21.8 Å². The van der Waals surface area contributed by atoms with E-state index >= 15 is 0 Å². The van der Waals surface area contributed by atoms with Crippen LogP contribution in [0.25, 0.3) is 0 Å². The topological polar surface area (TPSA) is 121 Å². The van der Waals surface area contributed by atoms with Crippen LogP contribution in [0.4, 0.5) is 0 Å². The molecule has 0 aliphatic rings. The zero-order chi connectivity index (χ0) is 8.78. The molecule has 0 aromatic heterocycles. The molecule has 0 aromatic carbocycles. The van der Waals surface area contributed by atoms with E-state index in [4.69, 9.17) is 19.2 Å². The van der Waals surface area contributed by atoms with E-state index in [0.29, 0.717) is 0 Å². The fraction of sp³-hybridized carbons (Fsp3) is 0. The molecule has 5 N–H and O–H groups in total. The molecule has 62 valence electrons. The minimum atomic E-state index is -4.64. The van der Waals surface area contributed by atoms with E-state index in [1.807, 2.05) is 0 Å². The Kier molecular flexibility index (Phi) is 14.7. The van der Waals surface area contributed by atoms with E-state index in [1.54, 1.807) is 0 Å². The Labute approximate surface area is 108 Å². The first-order chi connectivity index (χ1) is 4.27. The Balaban J connectivity index is -0.0000000457. The molecule has 1 amide bonds. The van der Waals surface area contributed by atoms with Gasteiger partial charge in [-0.05, 0) is 6.08 Å². The molecule has 0 radical (unpaired) electrons. The Bertz CT molecular complexity index is 162. The minimum absolute atomic E-state index is 0. The SMILES string of the molecule is C=CC(N)=O.O=P(O)(O)O.[H-].[K+]. The summed E-state index contributed by atoms with van der Waals surface area (Å²) in [6.07, 6.45) is 1.06.